The van der Waals surface area contributed by atoms with Crippen LogP contribution in [0.25, 0.3) is 0 Å². The molecule has 0 radical (unpaired) electrons. The van der Waals surface area contributed by atoms with Gasteiger partial charge in [0.2, 0.25) is 21.8 Å². The molecule has 8 nitrogen and oxygen atoms in total. The lowest BCUT2D eigenvalue weighted by atomic mass is 10.0. The summed E-state index contributed by atoms with van der Waals surface area (Å²) in [7, 11) is -3.87. The Balaban J connectivity index is 1.43. The van der Waals surface area contributed by atoms with Crippen LogP contribution < -0.4 is 14.4 Å². The van der Waals surface area contributed by atoms with E-state index >= 15 is 0 Å². The minimum Gasteiger partial charge on any atom is -0.489 e. The van der Waals surface area contributed by atoms with Gasteiger partial charge in [0, 0.05) is 19.0 Å². The van der Waals surface area contributed by atoms with Gasteiger partial charge in [-0.05, 0) is 60.7 Å². The molecule has 0 bridgehead atoms. The van der Waals surface area contributed by atoms with Gasteiger partial charge >= 0.3 is 0 Å². The third kappa shape index (κ3) is 9.68. The number of nitrogens with one attached hydrogen (secondary N) is 1. The van der Waals surface area contributed by atoms with E-state index in [0.29, 0.717) is 24.5 Å². The average Bonchev–Trinajstić information content (AvgIpc) is 3.58. The Kier molecular flexibility index (Phi) is 11.3. The summed E-state index contributed by atoms with van der Waals surface area (Å²) in [6.07, 6.45) is 5.30. The standard InChI is InChI=1S/C38H43N3O5S/c1-29-12-11-17-32(24-29)26-40(36(25-30-13-5-3-6-14-30)38(43)39-33-18-9-10-19-33)37(42)27-41(47(2,44)45)34-20-22-35(23-21-34)46-28-31-15-7-4-8-16-31/h3-8,11-17,20-24,33,36H,9-10,18-19,25-28H2,1-2H3,(H,39,43). The highest BCUT2D eigenvalue weighted by atomic mass is 32.2. The number of hydrogen-bond donors (Lipinski definition) is 1. The molecule has 1 aliphatic carbocycles. The van der Waals surface area contributed by atoms with Crippen LogP contribution in [0, 0.1) is 6.92 Å². The molecule has 4 aromatic carbocycles. The van der Waals surface area contributed by atoms with E-state index in [9.17, 15) is 18.0 Å². The van der Waals surface area contributed by atoms with Crippen molar-refractivity contribution in [3.05, 3.63) is 131 Å². The Morgan fingerprint density at radius 3 is 2.06 bits per heavy atom. The summed E-state index contributed by atoms with van der Waals surface area (Å²) in [5, 5.41) is 3.20. The molecular formula is C38H43N3O5S. The molecule has 1 unspecified atom stereocenters. The van der Waals surface area contributed by atoms with Crippen LogP contribution in [-0.2, 0) is 39.2 Å². The largest absolute Gasteiger partial charge is 0.489 e. The van der Waals surface area contributed by atoms with Gasteiger partial charge < -0.3 is 15.0 Å². The fraction of sp³-hybridized carbons (Fsp3) is 0.316. The number of sulfonamides is 1. The van der Waals surface area contributed by atoms with E-state index in [2.05, 4.69) is 5.32 Å². The molecular weight excluding hydrogens is 611 g/mol. The fourth-order valence-electron chi connectivity index (χ4n) is 5.99. The van der Waals surface area contributed by atoms with Gasteiger partial charge in [0.1, 0.15) is 24.9 Å². The number of hydrogen-bond acceptors (Lipinski definition) is 5. The van der Waals surface area contributed by atoms with E-state index in [-0.39, 0.29) is 18.5 Å². The number of carbonyl (C=O) groups excluding carboxylic acids is 2. The van der Waals surface area contributed by atoms with Crippen LogP contribution in [0.4, 0.5) is 5.69 Å². The topological polar surface area (TPSA) is 96.0 Å². The molecule has 1 aliphatic rings. The summed E-state index contributed by atoms with van der Waals surface area (Å²) >= 11 is 0. The smallest absolute Gasteiger partial charge is 0.244 e. The lowest BCUT2D eigenvalue weighted by Gasteiger charge is -2.34. The Morgan fingerprint density at radius 1 is 0.830 bits per heavy atom. The maximum Gasteiger partial charge on any atom is 0.244 e. The van der Waals surface area contributed by atoms with Crippen LogP contribution in [0.15, 0.2) is 109 Å². The number of anilines is 1. The number of rotatable bonds is 14. The van der Waals surface area contributed by atoms with Crippen molar-refractivity contribution in [1.29, 1.82) is 0 Å². The minimum atomic E-state index is -3.87. The third-order valence-electron chi connectivity index (χ3n) is 8.46. The number of nitrogens with zero attached hydrogens (tertiary/aromatic N) is 2. The molecule has 0 spiro atoms. The number of carbonyl (C=O) groups is 2. The number of benzene rings is 4. The zero-order chi connectivity index (χ0) is 33.2. The van der Waals surface area contributed by atoms with Crippen molar-refractivity contribution in [2.45, 2.75) is 64.3 Å². The Hall–Kier alpha value is -4.63. The van der Waals surface area contributed by atoms with Gasteiger partial charge in [-0.15, -0.1) is 0 Å². The van der Waals surface area contributed by atoms with Crippen LogP contribution in [0.1, 0.15) is 47.9 Å². The molecule has 2 amide bonds. The Labute approximate surface area is 278 Å². The molecule has 1 fully saturated rings. The van der Waals surface area contributed by atoms with Gasteiger partial charge in [0.25, 0.3) is 0 Å². The van der Waals surface area contributed by atoms with Crippen molar-refractivity contribution in [2.24, 2.45) is 0 Å². The molecule has 0 aromatic heterocycles. The Morgan fingerprint density at radius 2 is 1.45 bits per heavy atom. The first-order chi connectivity index (χ1) is 22.7. The first kappa shape index (κ1) is 33.7. The highest BCUT2D eigenvalue weighted by Gasteiger charge is 2.34. The molecule has 9 heteroatoms. The Bertz CT molecular complexity index is 1720. The summed E-state index contributed by atoms with van der Waals surface area (Å²) in [6.45, 7) is 2.04. The van der Waals surface area contributed by atoms with Crippen LogP contribution in [0.3, 0.4) is 0 Å². The summed E-state index contributed by atoms with van der Waals surface area (Å²) in [6, 6.07) is 33.0. The fourth-order valence-corrected chi connectivity index (χ4v) is 6.84. The highest BCUT2D eigenvalue weighted by molar-refractivity contribution is 7.92. The number of ether oxygens (including phenoxy) is 1. The molecule has 0 aliphatic heterocycles. The lowest BCUT2D eigenvalue weighted by molar-refractivity contribution is -0.140. The molecule has 1 N–H and O–H groups in total. The number of aryl methyl sites for hydroxylation is 1. The summed E-state index contributed by atoms with van der Waals surface area (Å²) in [5.41, 5.74) is 4.13. The molecule has 4 aromatic rings. The minimum absolute atomic E-state index is 0.0619. The SMILES string of the molecule is Cc1cccc(CN(C(=O)CN(c2ccc(OCc3ccccc3)cc2)S(C)(=O)=O)C(Cc2ccccc2)C(=O)NC2CCCC2)c1. The molecule has 47 heavy (non-hydrogen) atoms. The summed E-state index contributed by atoms with van der Waals surface area (Å²) in [5.74, 6) is -0.124. The van der Waals surface area contributed by atoms with E-state index < -0.39 is 28.5 Å². The van der Waals surface area contributed by atoms with Crippen LogP contribution >= 0.6 is 0 Å². The predicted molar refractivity (Wildman–Crippen MR) is 185 cm³/mol. The van der Waals surface area contributed by atoms with Crippen LogP contribution in [-0.4, -0.2) is 50.0 Å². The lowest BCUT2D eigenvalue weighted by Crippen LogP contribution is -2.54. The van der Waals surface area contributed by atoms with E-state index in [1.165, 1.54) is 0 Å². The third-order valence-corrected chi connectivity index (χ3v) is 9.60. The quantitative estimate of drug-likeness (QED) is 0.179. The maximum absolute atomic E-state index is 14.4. The van der Waals surface area contributed by atoms with Crippen molar-refractivity contribution in [2.75, 3.05) is 17.1 Å². The molecule has 1 atom stereocenters. The second kappa shape index (κ2) is 15.8. The van der Waals surface area contributed by atoms with Crippen LogP contribution in [0.5, 0.6) is 5.75 Å². The van der Waals surface area contributed by atoms with Gasteiger partial charge in [-0.1, -0.05) is 103 Å². The molecule has 246 valence electrons. The van der Waals surface area contributed by atoms with Crippen molar-refractivity contribution in [3.8, 4) is 5.75 Å². The second-order valence-electron chi connectivity index (χ2n) is 12.2. The van der Waals surface area contributed by atoms with Gasteiger partial charge in [-0.2, -0.15) is 0 Å². The van der Waals surface area contributed by atoms with Crippen LogP contribution in [0.2, 0.25) is 0 Å². The molecule has 0 heterocycles. The van der Waals surface area contributed by atoms with Gasteiger partial charge in [-0.25, -0.2) is 8.42 Å². The average molecular weight is 654 g/mol. The summed E-state index contributed by atoms with van der Waals surface area (Å²) in [4.78, 5) is 29.9. The zero-order valence-electron chi connectivity index (χ0n) is 27.0. The van der Waals surface area contributed by atoms with E-state index in [4.69, 9.17) is 4.74 Å². The first-order valence-corrected chi connectivity index (χ1v) is 17.9. The van der Waals surface area contributed by atoms with Gasteiger partial charge in [0.05, 0.1) is 11.9 Å². The maximum atomic E-state index is 14.4. The molecule has 1 saturated carbocycles. The van der Waals surface area contributed by atoms with Crippen molar-refractivity contribution in [3.63, 3.8) is 0 Å². The summed E-state index contributed by atoms with van der Waals surface area (Å²) < 4.78 is 33.3. The number of amides is 2. The first-order valence-electron chi connectivity index (χ1n) is 16.1. The normalized spacial score (nSPS) is 13.9. The van der Waals surface area contributed by atoms with Crippen molar-refractivity contribution < 1.29 is 22.7 Å². The molecule has 0 saturated heterocycles. The van der Waals surface area contributed by atoms with Crippen molar-refractivity contribution in [1.82, 2.24) is 10.2 Å². The molecule has 5 rings (SSSR count). The van der Waals surface area contributed by atoms with E-state index in [1.807, 2.05) is 91.9 Å². The van der Waals surface area contributed by atoms with E-state index in [0.717, 1.165) is 58.5 Å². The highest BCUT2D eigenvalue weighted by Crippen LogP contribution is 2.25. The monoisotopic (exact) mass is 653 g/mol. The predicted octanol–water partition coefficient (Wildman–Crippen LogP) is 6.04. The van der Waals surface area contributed by atoms with Gasteiger partial charge in [-0.3, -0.25) is 13.9 Å². The van der Waals surface area contributed by atoms with E-state index in [1.54, 1.807) is 29.2 Å². The van der Waals surface area contributed by atoms with Gasteiger partial charge in [0.15, 0.2) is 0 Å². The zero-order valence-corrected chi connectivity index (χ0v) is 27.9. The second-order valence-corrected chi connectivity index (χ2v) is 14.2. The van der Waals surface area contributed by atoms with Crippen molar-refractivity contribution >= 4 is 27.5 Å².